The van der Waals surface area contributed by atoms with E-state index in [9.17, 15) is 4.79 Å². The molecule has 2 aromatic carbocycles. The van der Waals surface area contributed by atoms with Gasteiger partial charge in [0.1, 0.15) is 6.61 Å². The van der Waals surface area contributed by atoms with Gasteiger partial charge in [-0.1, -0.05) is 18.2 Å². The summed E-state index contributed by atoms with van der Waals surface area (Å²) in [6.45, 7) is 0.802. The van der Waals surface area contributed by atoms with E-state index in [1.165, 1.54) is 0 Å². The van der Waals surface area contributed by atoms with Gasteiger partial charge < -0.3 is 19.5 Å². The molecule has 0 saturated heterocycles. The first kappa shape index (κ1) is 19.4. The highest BCUT2D eigenvalue weighted by molar-refractivity contribution is 6.04. The number of pyridine rings is 1. The number of aromatic nitrogens is 1. The van der Waals surface area contributed by atoms with Crippen LogP contribution in [0.1, 0.15) is 21.5 Å². The molecule has 1 aromatic heterocycles. The van der Waals surface area contributed by atoms with Crippen molar-refractivity contribution in [2.45, 2.75) is 13.2 Å². The topological polar surface area (TPSA) is 69.7 Å². The smallest absolute Gasteiger partial charge is 0.255 e. The molecule has 144 valence electrons. The molecule has 0 atom stereocenters. The fourth-order valence-electron chi connectivity index (χ4n) is 2.68. The van der Waals surface area contributed by atoms with Crippen molar-refractivity contribution in [3.05, 3.63) is 83.7 Å². The maximum Gasteiger partial charge on any atom is 0.255 e. The molecule has 6 heteroatoms. The number of hydrogen-bond donors (Lipinski definition) is 1. The van der Waals surface area contributed by atoms with Crippen LogP contribution in [0.2, 0.25) is 0 Å². The van der Waals surface area contributed by atoms with Gasteiger partial charge in [-0.05, 0) is 35.9 Å². The van der Waals surface area contributed by atoms with Crippen LogP contribution in [0.3, 0.4) is 0 Å². The van der Waals surface area contributed by atoms with E-state index in [4.69, 9.17) is 14.2 Å². The molecule has 3 aromatic rings. The number of carbonyl (C=O) groups excluding carboxylic acids is 1. The monoisotopic (exact) mass is 378 g/mol. The largest absolute Gasteiger partial charge is 0.493 e. The van der Waals surface area contributed by atoms with Crippen LogP contribution in [0, 0.1) is 0 Å². The lowest BCUT2D eigenvalue weighted by molar-refractivity contribution is 0.102. The van der Waals surface area contributed by atoms with Crippen molar-refractivity contribution in [1.29, 1.82) is 0 Å². The van der Waals surface area contributed by atoms with Crippen molar-refractivity contribution >= 4 is 11.6 Å². The van der Waals surface area contributed by atoms with E-state index in [1.54, 1.807) is 50.9 Å². The standard InChI is InChI=1S/C22H22N2O4/c1-26-14-16-5-3-7-18(11-16)22(25)24-19-8-9-20(27-2)21(12-19)28-15-17-6-4-10-23-13-17/h3-13H,14-15H2,1-2H3,(H,24,25). The van der Waals surface area contributed by atoms with Gasteiger partial charge in [0.2, 0.25) is 0 Å². The molecule has 1 amide bonds. The van der Waals surface area contributed by atoms with Crippen LogP contribution in [-0.2, 0) is 18.0 Å². The normalized spacial score (nSPS) is 10.4. The fraction of sp³-hybridized carbons (Fsp3) is 0.182. The average molecular weight is 378 g/mol. The Labute approximate surface area is 164 Å². The average Bonchev–Trinajstić information content (AvgIpc) is 2.73. The molecule has 6 nitrogen and oxygen atoms in total. The Morgan fingerprint density at radius 2 is 1.82 bits per heavy atom. The van der Waals surface area contributed by atoms with Gasteiger partial charge in [-0.25, -0.2) is 0 Å². The molecule has 0 spiro atoms. The molecule has 1 heterocycles. The zero-order chi connectivity index (χ0) is 19.8. The van der Waals surface area contributed by atoms with Crippen molar-refractivity contribution in [2.24, 2.45) is 0 Å². The Balaban J connectivity index is 1.73. The van der Waals surface area contributed by atoms with E-state index < -0.39 is 0 Å². The Morgan fingerprint density at radius 3 is 2.57 bits per heavy atom. The Hall–Kier alpha value is -3.38. The summed E-state index contributed by atoms with van der Waals surface area (Å²) in [6.07, 6.45) is 3.45. The predicted octanol–water partition coefficient (Wildman–Crippen LogP) is 4.07. The molecule has 1 N–H and O–H groups in total. The number of methoxy groups -OCH3 is 2. The van der Waals surface area contributed by atoms with Gasteiger partial charge in [-0.2, -0.15) is 0 Å². The number of carbonyl (C=O) groups is 1. The maximum absolute atomic E-state index is 12.6. The van der Waals surface area contributed by atoms with Crippen molar-refractivity contribution in [1.82, 2.24) is 4.98 Å². The molecule has 0 radical (unpaired) electrons. The molecule has 0 saturated carbocycles. The van der Waals surface area contributed by atoms with Crippen LogP contribution in [-0.4, -0.2) is 25.1 Å². The summed E-state index contributed by atoms with van der Waals surface area (Å²) in [7, 11) is 3.20. The van der Waals surface area contributed by atoms with Gasteiger partial charge in [0, 0.05) is 42.4 Å². The van der Waals surface area contributed by atoms with E-state index in [-0.39, 0.29) is 5.91 Å². The summed E-state index contributed by atoms with van der Waals surface area (Å²) in [5.41, 5.74) is 3.05. The molecule has 0 bridgehead atoms. The first-order valence-corrected chi connectivity index (χ1v) is 8.78. The molecule has 0 aliphatic carbocycles. The quantitative estimate of drug-likeness (QED) is 0.640. The summed E-state index contributed by atoms with van der Waals surface area (Å²) in [5, 5.41) is 2.89. The molecular weight excluding hydrogens is 356 g/mol. The highest BCUT2D eigenvalue weighted by atomic mass is 16.5. The number of amides is 1. The van der Waals surface area contributed by atoms with Gasteiger partial charge >= 0.3 is 0 Å². The van der Waals surface area contributed by atoms with Gasteiger partial charge in [0.05, 0.1) is 13.7 Å². The molecule has 0 aliphatic heterocycles. The lowest BCUT2D eigenvalue weighted by Gasteiger charge is -2.13. The zero-order valence-electron chi connectivity index (χ0n) is 15.8. The van der Waals surface area contributed by atoms with Gasteiger partial charge in [-0.15, -0.1) is 0 Å². The van der Waals surface area contributed by atoms with E-state index in [0.717, 1.165) is 11.1 Å². The molecule has 3 rings (SSSR count). The Morgan fingerprint density at radius 1 is 0.964 bits per heavy atom. The third-order valence-electron chi connectivity index (χ3n) is 4.04. The molecule has 0 aliphatic rings. The molecular formula is C22H22N2O4. The van der Waals surface area contributed by atoms with E-state index in [0.29, 0.717) is 36.0 Å². The number of nitrogens with zero attached hydrogens (tertiary/aromatic N) is 1. The van der Waals surface area contributed by atoms with E-state index in [1.807, 2.05) is 30.3 Å². The highest BCUT2D eigenvalue weighted by Crippen LogP contribution is 2.31. The van der Waals surface area contributed by atoms with Crippen LogP contribution < -0.4 is 14.8 Å². The molecule has 0 fully saturated rings. The number of benzene rings is 2. The van der Waals surface area contributed by atoms with E-state index in [2.05, 4.69) is 10.3 Å². The SMILES string of the molecule is COCc1cccc(C(=O)Nc2ccc(OC)c(OCc3cccnc3)c2)c1. The summed E-state index contributed by atoms with van der Waals surface area (Å²) < 4.78 is 16.3. The van der Waals surface area contributed by atoms with Crippen molar-refractivity contribution in [3.8, 4) is 11.5 Å². The first-order chi connectivity index (χ1) is 13.7. The minimum atomic E-state index is -0.207. The van der Waals surface area contributed by atoms with Gasteiger partial charge in [-0.3, -0.25) is 9.78 Å². The van der Waals surface area contributed by atoms with Crippen LogP contribution in [0.15, 0.2) is 67.0 Å². The van der Waals surface area contributed by atoms with Gasteiger partial charge in [0.25, 0.3) is 5.91 Å². The second-order valence-corrected chi connectivity index (χ2v) is 6.10. The Bertz CT molecular complexity index is 929. The number of anilines is 1. The number of ether oxygens (including phenoxy) is 3. The van der Waals surface area contributed by atoms with Crippen molar-refractivity contribution in [3.63, 3.8) is 0 Å². The molecule has 0 unspecified atom stereocenters. The molecule has 28 heavy (non-hydrogen) atoms. The fourth-order valence-corrected chi connectivity index (χ4v) is 2.68. The van der Waals surface area contributed by atoms with Crippen LogP contribution in [0.5, 0.6) is 11.5 Å². The summed E-state index contributed by atoms with van der Waals surface area (Å²) in [4.78, 5) is 16.7. The van der Waals surface area contributed by atoms with Crippen LogP contribution in [0.4, 0.5) is 5.69 Å². The third kappa shape index (κ3) is 5.08. The first-order valence-electron chi connectivity index (χ1n) is 8.78. The lowest BCUT2D eigenvalue weighted by Crippen LogP contribution is -2.12. The van der Waals surface area contributed by atoms with Gasteiger partial charge in [0.15, 0.2) is 11.5 Å². The number of hydrogen-bond acceptors (Lipinski definition) is 5. The predicted molar refractivity (Wildman–Crippen MR) is 107 cm³/mol. The minimum absolute atomic E-state index is 0.207. The summed E-state index contributed by atoms with van der Waals surface area (Å²) in [5.74, 6) is 0.919. The van der Waals surface area contributed by atoms with Crippen molar-refractivity contribution in [2.75, 3.05) is 19.5 Å². The number of rotatable bonds is 8. The Kier molecular flexibility index (Phi) is 6.59. The summed E-state index contributed by atoms with van der Waals surface area (Å²) >= 11 is 0. The van der Waals surface area contributed by atoms with Crippen LogP contribution >= 0.6 is 0 Å². The second kappa shape index (κ2) is 9.53. The third-order valence-corrected chi connectivity index (χ3v) is 4.04. The van der Waals surface area contributed by atoms with Crippen molar-refractivity contribution < 1.29 is 19.0 Å². The zero-order valence-corrected chi connectivity index (χ0v) is 15.8. The lowest BCUT2D eigenvalue weighted by atomic mass is 10.1. The second-order valence-electron chi connectivity index (χ2n) is 6.10. The van der Waals surface area contributed by atoms with Crippen LogP contribution in [0.25, 0.3) is 0 Å². The maximum atomic E-state index is 12.6. The van der Waals surface area contributed by atoms with E-state index >= 15 is 0 Å². The highest BCUT2D eigenvalue weighted by Gasteiger charge is 2.11. The number of nitrogens with one attached hydrogen (secondary N) is 1. The minimum Gasteiger partial charge on any atom is -0.493 e. The summed E-state index contributed by atoms with van der Waals surface area (Å²) in [6, 6.07) is 16.4.